The monoisotopic (exact) mass is 516 g/mol. The van der Waals surface area contributed by atoms with Crippen molar-refractivity contribution in [3.8, 4) is 0 Å². The summed E-state index contributed by atoms with van der Waals surface area (Å²) < 4.78 is 0.496. The summed E-state index contributed by atoms with van der Waals surface area (Å²) in [7, 11) is 0. The van der Waals surface area contributed by atoms with Gasteiger partial charge in [0.05, 0.1) is 6.04 Å². The summed E-state index contributed by atoms with van der Waals surface area (Å²) in [6, 6.07) is -1.59. The minimum atomic E-state index is -1.28. The van der Waals surface area contributed by atoms with Crippen molar-refractivity contribution in [1.29, 1.82) is 0 Å². The molecule has 0 bridgehead atoms. The zero-order chi connectivity index (χ0) is 23.2. The van der Waals surface area contributed by atoms with Gasteiger partial charge in [0.15, 0.2) is 15.2 Å². The second-order valence-electron chi connectivity index (χ2n) is 6.47. The van der Waals surface area contributed by atoms with Gasteiger partial charge in [0, 0.05) is 4.91 Å². The van der Waals surface area contributed by atoms with Crippen molar-refractivity contribution in [3.63, 3.8) is 0 Å². The molecule has 2 atom stereocenters. The molecule has 32 heavy (non-hydrogen) atoms. The van der Waals surface area contributed by atoms with Gasteiger partial charge in [-0.25, -0.2) is 9.78 Å². The molecule has 168 valence electrons. The fraction of sp³-hybridized carbons (Fsp3) is 0.267. The number of hydrogen-bond acceptors (Lipinski definition) is 13. The molecule has 17 heteroatoms. The van der Waals surface area contributed by atoms with Crippen LogP contribution in [0.5, 0.6) is 0 Å². The largest absolute Gasteiger partial charge is 0.477 e. The van der Waals surface area contributed by atoms with E-state index in [1.165, 1.54) is 0 Å². The Balaban J connectivity index is 1.53. The molecule has 7 N–H and O–H groups in total. The van der Waals surface area contributed by atoms with Gasteiger partial charge in [-0.1, -0.05) is 51.2 Å². The number of amides is 2. The number of thiazole rings is 1. The van der Waals surface area contributed by atoms with Gasteiger partial charge in [-0.3, -0.25) is 14.5 Å². The van der Waals surface area contributed by atoms with Gasteiger partial charge in [0.25, 0.3) is 11.8 Å². The van der Waals surface area contributed by atoms with Gasteiger partial charge >= 0.3 is 5.97 Å². The van der Waals surface area contributed by atoms with Crippen LogP contribution in [-0.2, 0) is 14.4 Å². The van der Waals surface area contributed by atoms with E-state index < -0.39 is 35.6 Å². The molecular weight excluding hydrogens is 504 g/mol. The lowest BCUT2D eigenvalue weighted by Gasteiger charge is -2.49. The molecule has 2 aromatic rings. The van der Waals surface area contributed by atoms with Crippen LogP contribution in [0.25, 0.3) is 0 Å². The number of aliphatic carboxylic acids is 1. The Morgan fingerprint density at radius 1 is 1.28 bits per heavy atom. The molecule has 0 spiro atoms. The summed E-state index contributed by atoms with van der Waals surface area (Å²) >= 11 is 9.04. The SMILES string of the molecule is Nc1nnc(SC2=C(C(=O)O)N3C(=O)[C@@H](NC(=O)/C(=N\O)c4nc(N)sc4Cl)C3CC2)s1. The zero-order valence-corrected chi connectivity index (χ0v) is 18.9. The number of allylic oxidation sites excluding steroid dienone is 1. The number of fused-ring (bicyclic) bond motifs is 1. The highest BCUT2D eigenvalue weighted by molar-refractivity contribution is 8.04. The van der Waals surface area contributed by atoms with E-state index in [9.17, 15) is 24.7 Å². The van der Waals surface area contributed by atoms with Gasteiger partial charge in [-0.2, -0.15) is 0 Å². The highest BCUT2D eigenvalue weighted by Crippen LogP contribution is 2.43. The molecule has 0 radical (unpaired) electrons. The zero-order valence-electron chi connectivity index (χ0n) is 15.7. The lowest BCUT2D eigenvalue weighted by atomic mass is 9.86. The maximum atomic E-state index is 12.8. The number of nitrogens with zero attached hydrogens (tertiary/aromatic N) is 5. The van der Waals surface area contributed by atoms with E-state index >= 15 is 0 Å². The van der Waals surface area contributed by atoms with Gasteiger partial charge < -0.3 is 27.1 Å². The van der Waals surface area contributed by atoms with Crippen molar-refractivity contribution in [1.82, 2.24) is 25.4 Å². The number of nitrogen functional groups attached to an aromatic ring is 2. The normalized spacial score (nSPS) is 20.7. The highest BCUT2D eigenvalue weighted by Gasteiger charge is 2.54. The first-order valence-electron chi connectivity index (χ1n) is 8.72. The lowest BCUT2D eigenvalue weighted by Crippen LogP contribution is -2.72. The van der Waals surface area contributed by atoms with Crippen molar-refractivity contribution < 1.29 is 24.7 Å². The number of carboxylic acid groups (broad SMARTS) is 1. The van der Waals surface area contributed by atoms with Crippen molar-refractivity contribution in [2.75, 3.05) is 11.5 Å². The van der Waals surface area contributed by atoms with Crippen molar-refractivity contribution in [3.05, 3.63) is 20.6 Å². The summed E-state index contributed by atoms with van der Waals surface area (Å²) in [5, 5.41) is 32.2. The van der Waals surface area contributed by atoms with E-state index in [4.69, 9.17) is 23.1 Å². The molecule has 1 saturated heterocycles. The third-order valence-corrected chi connectivity index (χ3v) is 7.69. The van der Waals surface area contributed by atoms with Crippen LogP contribution < -0.4 is 16.8 Å². The van der Waals surface area contributed by atoms with Crippen LogP contribution in [0, 0.1) is 0 Å². The number of carbonyl (C=O) groups is 3. The van der Waals surface area contributed by atoms with Crippen molar-refractivity contribution >= 4 is 79.8 Å². The summed E-state index contributed by atoms with van der Waals surface area (Å²) in [6.07, 6.45) is 0.724. The van der Waals surface area contributed by atoms with Crippen LogP contribution in [-0.4, -0.2) is 66.0 Å². The lowest BCUT2D eigenvalue weighted by molar-refractivity contribution is -0.155. The van der Waals surface area contributed by atoms with Crippen LogP contribution >= 0.6 is 46.0 Å². The molecule has 2 aliphatic heterocycles. The molecule has 2 amide bonds. The number of β-lactam (4-membered cyclic amide) rings is 1. The number of carboxylic acids is 1. The topological polar surface area (TPSA) is 210 Å². The molecule has 1 fully saturated rings. The van der Waals surface area contributed by atoms with Gasteiger partial charge in [0.2, 0.25) is 5.13 Å². The average Bonchev–Trinajstić information content (AvgIpc) is 3.30. The standard InChI is InChI=1S/C15H13ClN8O5S3/c16-9-6(20-13(17)31-9)7(23-29)10(25)19-5-3-1-2-4(30-15-22-21-14(18)32-15)8(12(27)28)24(3)11(5)26/h3,5,29H,1-2H2,(H2,17,20)(H2,18,21)(H,19,25)(H,27,28)/b23-7-/t3?,5-/m0/s1. The maximum Gasteiger partial charge on any atom is 0.353 e. The number of anilines is 2. The smallest absolute Gasteiger partial charge is 0.353 e. The first kappa shape index (κ1) is 22.3. The molecule has 0 aromatic carbocycles. The second-order valence-corrected chi connectivity index (χ2v) is 10.5. The number of aromatic nitrogens is 3. The Labute approximate surface area is 196 Å². The third-order valence-electron chi connectivity index (χ3n) is 4.66. The number of rotatable bonds is 6. The molecular formula is C15H13ClN8O5S3. The van der Waals surface area contributed by atoms with Gasteiger partial charge in [-0.05, 0) is 12.8 Å². The molecule has 4 heterocycles. The van der Waals surface area contributed by atoms with E-state index in [1.807, 2.05) is 0 Å². The van der Waals surface area contributed by atoms with E-state index in [2.05, 4.69) is 25.7 Å². The van der Waals surface area contributed by atoms with E-state index in [0.29, 0.717) is 22.1 Å². The maximum absolute atomic E-state index is 12.8. The number of carbonyl (C=O) groups excluding carboxylic acids is 2. The molecule has 2 aliphatic rings. The first-order valence-corrected chi connectivity index (χ1v) is 11.6. The molecule has 4 rings (SSSR count). The van der Waals surface area contributed by atoms with Crippen LogP contribution in [0.2, 0.25) is 4.34 Å². The fourth-order valence-electron chi connectivity index (χ4n) is 3.37. The molecule has 13 nitrogen and oxygen atoms in total. The van der Waals surface area contributed by atoms with E-state index in [1.54, 1.807) is 0 Å². The Morgan fingerprint density at radius 3 is 2.59 bits per heavy atom. The third kappa shape index (κ3) is 3.85. The molecule has 1 unspecified atom stereocenters. The quantitative estimate of drug-likeness (QED) is 0.155. The number of thioether (sulfide) groups is 1. The number of halogens is 1. The summed E-state index contributed by atoms with van der Waals surface area (Å²) in [5.41, 5.74) is 10.3. The highest BCUT2D eigenvalue weighted by atomic mass is 35.5. The Hall–Kier alpha value is -2.95. The van der Waals surface area contributed by atoms with Gasteiger partial charge in [-0.15, -0.1) is 10.2 Å². The number of nitrogens with one attached hydrogen (secondary N) is 1. The number of oxime groups is 1. The Morgan fingerprint density at radius 2 is 2.03 bits per heavy atom. The van der Waals surface area contributed by atoms with Crippen molar-refractivity contribution in [2.45, 2.75) is 29.3 Å². The molecule has 0 saturated carbocycles. The average molecular weight is 517 g/mol. The van der Waals surface area contributed by atoms with E-state index in [-0.39, 0.29) is 26.0 Å². The number of nitrogens with two attached hydrogens (primary N) is 2. The van der Waals surface area contributed by atoms with E-state index in [0.717, 1.165) is 39.3 Å². The second kappa shape index (κ2) is 8.53. The Kier molecular flexibility index (Phi) is 5.93. The fourth-order valence-corrected chi connectivity index (χ4v) is 6.16. The molecule has 0 aliphatic carbocycles. The predicted octanol–water partition coefficient (Wildman–Crippen LogP) is 0.569. The van der Waals surface area contributed by atoms with Crippen LogP contribution in [0.4, 0.5) is 10.3 Å². The number of hydrogen-bond donors (Lipinski definition) is 5. The minimum absolute atomic E-state index is 0.0414. The first-order chi connectivity index (χ1) is 15.2. The summed E-state index contributed by atoms with van der Waals surface area (Å²) in [5.74, 6) is -2.80. The van der Waals surface area contributed by atoms with Crippen molar-refractivity contribution in [2.24, 2.45) is 5.16 Å². The predicted molar refractivity (Wildman–Crippen MR) is 116 cm³/mol. The van der Waals surface area contributed by atoms with Crippen LogP contribution in [0.3, 0.4) is 0 Å². The van der Waals surface area contributed by atoms with Gasteiger partial charge in [0.1, 0.15) is 21.8 Å². The minimum Gasteiger partial charge on any atom is -0.477 e. The summed E-state index contributed by atoms with van der Waals surface area (Å²) in [4.78, 5) is 42.7. The van der Waals surface area contributed by atoms with Crippen LogP contribution in [0.15, 0.2) is 20.1 Å². The Bertz CT molecular complexity index is 1190. The summed E-state index contributed by atoms with van der Waals surface area (Å²) in [6.45, 7) is 0. The van der Waals surface area contributed by atoms with Crippen LogP contribution in [0.1, 0.15) is 18.5 Å². The molecule has 2 aromatic heterocycles.